The number of carbonyl (C=O) groups is 1. The van der Waals surface area contributed by atoms with E-state index in [0.717, 1.165) is 23.8 Å². The Morgan fingerprint density at radius 2 is 2.05 bits per heavy atom. The van der Waals surface area contributed by atoms with Crippen LogP contribution in [0.5, 0.6) is 5.75 Å². The molecule has 0 saturated carbocycles. The molecule has 0 fully saturated rings. The third-order valence-corrected chi connectivity index (χ3v) is 3.09. The van der Waals surface area contributed by atoms with Crippen molar-refractivity contribution in [2.75, 3.05) is 5.32 Å². The average molecular weight is 307 g/mol. The van der Waals surface area contributed by atoms with Gasteiger partial charge in [0.1, 0.15) is 5.75 Å². The van der Waals surface area contributed by atoms with E-state index in [0.29, 0.717) is 5.56 Å². The highest BCUT2D eigenvalue weighted by atomic mass is 35.5. The van der Waals surface area contributed by atoms with Crippen LogP contribution in [-0.2, 0) is 5.88 Å². The molecule has 0 saturated heterocycles. The van der Waals surface area contributed by atoms with Gasteiger partial charge in [-0.3, -0.25) is 14.9 Å². The lowest BCUT2D eigenvalue weighted by Gasteiger charge is -2.08. The maximum Gasteiger partial charge on any atom is 0.271 e. The number of benzene rings is 2. The molecular weight excluding hydrogens is 296 g/mol. The molecule has 7 heteroatoms. The summed E-state index contributed by atoms with van der Waals surface area (Å²) in [6, 6.07) is 10.0. The summed E-state index contributed by atoms with van der Waals surface area (Å²) in [5, 5.41) is 22.8. The number of anilines is 1. The number of hydrogen-bond donors (Lipinski definition) is 2. The van der Waals surface area contributed by atoms with Gasteiger partial charge in [-0.1, -0.05) is 12.1 Å². The number of hydrogen-bond acceptors (Lipinski definition) is 4. The van der Waals surface area contributed by atoms with E-state index in [1.807, 2.05) is 0 Å². The van der Waals surface area contributed by atoms with Gasteiger partial charge in [-0.15, -0.1) is 11.6 Å². The zero-order valence-electron chi connectivity index (χ0n) is 10.7. The first-order valence-electron chi connectivity index (χ1n) is 5.95. The minimum atomic E-state index is -0.608. The van der Waals surface area contributed by atoms with Crippen molar-refractivity contribution < 1.29 is 14.8 Å². The lowest BCUT2D eigenvalue weighted by Crippen LogP contribution is -2.12. The number of aromatic hydroxyl groups is 1. The quantitative estimate of drug-likeness (QED) is 0.392. The van der Waals surface area contributed by atoms with Crippen molar-refractivity contribution in [1.82, 2.24) is 0 Å². The van der Waals surface area contributed by atoms with Gasteiger partial charge in [-0.25, -0.2) is 0 Å². The van der Waals surface area contributed by atoms with Gasteiger partial charge in [0.05, 0.1) is 10.6 Å². The number of non-ortho nitro benzene ring substituents is 1. The van der Waals surface area contributed by atoms with Gasteiger partial charge in [-0.05, 0) is 23.8 Å². The summed E-state index contributed by atoms with van der Waals surface area (Å²) in [6.07, 6.45) is 0. The van der Waals surface area contributed by atoms with Crippen LogP contribution in [0.15, 0.2) is 42.5 Å². The first-order valence-corrected chi connectivity index (χ1v) is 6.48. The highest BCUT2D eigenvalue weighted by molar-refractivity contribution is 6.17. The highest BCUT2D eigenvalue weighted by Crippen LogP contribution is 2.28. The Morgan fingerprint density at radius 3 is 2.71 bits per heavy atom. The molecule has 0 aliphatic carbocycles. The largest absolute Gasteiger partial charge is 0.506 e. The first-order chi connectivity index (χ1) is 10.0. The SMILES string of the molecule is O=C(Nc1cc([N+](=O)[O-])ccc1O)c1cccc(CCl)c1. The van der Waals surface area contributed by atoms with Gasteiger partial charge in [0, 0.05) is 23.6 Å². The summed E-state index contributed by atoms with van der Waals surface area (Å²) in [7, 11) is 0. The number of phenols is 1. The van der Waals surface area contributed by atoms with E-state index in [1.165, 1.54) is 0 Å². The van der Waals surface area contributed by atoms with Crippen LogP contribution in [-0.4, -0.2) is 15.9 Å². The second kappa shape index (κ2) is 6.23. The van der Waals surface area contributed by atoms with Crippen LogP contribution in [0.1, 0.15) is 15.9 Å². The number of carbonyl (C=O) groups excluding carboxylic acids is 1. The Balaban J connectivity index is 2.26. The fourth-order valence-corrected chi connectivity index (χ4v) is 1.89. The summed E-state index contributed by atoms with van der Waals surface area (Å²) in [4.78, 5) is 22.2. The number of rotatable bonds is 4. The van der Waals surface area contributed by atoms with Crippen molar-refractivity contribution in [2.45, 2.75) is 5.88 Å². The van der Waals surface area contributed by atoms with Crippen LogP contribution < -0.4 is 5.32 Å². The second-order valence-corrected chi connectivity index (χ2v) is 4.51. The summed E-state index contributed by atoms with van der Waals surface area (Å²) < 4.78 is 0. The molecule has 2 rings (SSSR count). The van der Waals surface area contributed by atoms with Crippen molar-refractivity contribution >= 4 is 28.9 Å². The monoisotopic (exact) mass is 306 g/mol. The summed E-state index contributed by atoms with van der Waals surface area (Å²) in [5.41, 5.74) is 0.870. The molecule has 1 amide bonds. The summed E-state index contributed by atoms with van der Waals surface area (Å²) >= 11 is 5.70. The van der Waals surface area contributed by atoms with Crippen LogP contribution in [0.2, 0.25) is 0 Å². The Hall–Kier alpha value is -2.60. The van der Waals surface area contributed by atoms with Gasteiger partial charge in [0.15, 0.2) is 0 Å². The van der Waals surface area contributed by atoms with E-state index in [9.17, 15) is 20.0 Å². The molecule has 0 spiro atoms. The molecule has 6 nitrogen and oxygen atoms in total. The van der Waals surface area contributed by atoms with E-state index < -0.39 is 10.8 Å². The minimum Gasteiger partial charge on any atom is -0.506 e. The molecule has 0 bridgehead atoms. The van der Waals surface area contributed by atoms with Gasteiger partial charge >= 0.3 is 0 Å². The third-order valence-electron chi connectivity index (χ3n) is 2.78. The van der Waals surface area contributed by atoms with E-state index in [-0.39, 0.29) is 23.0 Å². The number of phenolic OH excluding ortho intramolecular Hbond substituents is 1. The highest BCUT2D eigenvalue weighted by Gasteiger charge is 2.13. The van der Waals surface area contributed by atoms with Crippen molar-refractivity contribution in [3.05, 3.63) is 63.7 Å². The van der Waals surface area contributed by atoms with Crippen molar-refractivity contribution in [1.29, 1.82) is 0 Å². The molecule has 0 heterocycles. The fourth-order valence-electron chi connectivity index (χ4n) is 1.73. The van der Waals surface area contributed by atoms with Crippen LogP contribution >= 0.6 is 11.6 Å². The van der Waals surface area contributed by atoms with E-state index >= 15 is 0 Å². The Morgan fingerprint density at radius 1 is 1.29 bits per heavy atom. The molecule has 0 aromatic heterocycles. The predicted octanol–water partition coefficient (Wildman–Crippen LogP) is 3.29. The van der Waals surface area contributed by atoms with Crippen molar-refractivity contribution in [3.63, 3.8) is 0 Å². The number of halogens is 1. The summed E-state index contributed by atoms with van der Waals surface area (Å²) in [5.74, 6) is -0.469. The number of amides is 1. The Labute approximate surface area is 125 Å². The smallest absolute Gasteiger partial charge is 0.271 e. The molecule has 0 atom stereocenters. The van der Waals surface area contributed by atoms with Crippen molar-refractivity contribution in [2.24, 2.45) is 0 Å². The molecule has 2 aromatic carbocycles. The average Bonchev–Trinajstić information content (AvgIpc) is 2.49. The molecule has 2 N–H and O–H groups in total. The number of nitrogens with one attached hydrogen (secondary N) is 1. The molecule has 2 aromatic rings. The maximum absolute atomic E-state index is 12.1. The molecule has 0 radical (unpaired) electrons. The number of nitro benzene ring substituents is 1. The van der Waals surface area contributed by atoms with Crippen LogP contribution in [0.4, 0.5) is 11.4 Å². The van der Waals surface area contributed by atoms with Gasteiger partial charge in [0.2, 0.25) is 0 Å². The van der Waals surface area contributed by atoms with E-state index in [4.69, 9.17) is 11.6 Å². The normalized spacial score (nSPS) is 10.1. The number of alkyl halides is 1. The Bertz CT molecular complexity index is 703. The summed E-state index contributed by atoms with van der Waals surface area (Å²) in [6.45, 7) is 0. The Kier molecular flexibility index (Phi) is 4.39. The zero-order chi connectivity index (χ0) is 15.4. The van der Waals surface area contributed by atoms with E-state index in [2.05, 4.69) is 5.32 Å². The van der Waals surface area contributed by atoms with E-state index in [1.54, 1.807) is 24.3 Å². The lowest BCUT2D eigenvalue weighted by molar-refractivity contribution is -0.384. The number of nitro groups is 1. The molecule has 0 aliphatic heterocycles. The van der Waals surface area contributed by atoms with Gasteiger partial charge < -0.3 is 10.4 Å². The molecule has 108 valence electrons. The van der Waals surface area contributed by atoms with Crippen molar-refractivity contribution in [3.8, 4) is 5.75 Å². The van der Waals surface area contributed by atoms with Crippen LogP contribution in [0.3, 0.4) is 0 Å². The number of nitrogens with zero attached hydrogens (tertiary/aromatic N) is 1. The lowest BCUT2D eigenvalue weighted by atomic mass is 10.1. The topological polar surface area (TPSA) is 92.5 Å². The first kappa shape index (κ1) is 14.8. The maximum atomic E-state index is 12.1. The second-order valence-electron chi connectivity index (χ2n) is 4.25. The van der Waals surface area contributed by atoms with Gasteiger partial charge in [-0.2, -0.15) is 0 Å². The van der Waals surface area contributed by atoms with Crippen LogP contribution in [0, 0.1) is 10.1 Å². The predicted molar refractivity (Wildman–Crippen MR) is 78.7 cm³/mol. The third kappa shape index (κ3) is 3.49. The minimum absolute atomic E-state index is 0.0227. The molecule has 21 heavy (non-hydrogen) atoms. The molecule has 0 aliphatic rings. The zero-order valence-corrected chi connectivity index (χ0v) is 11.5. The van der Waals surface area contributed by atoms with Gasteiger partial charge in [0.25, 0.3) is 11.6 Å². The van der Waals surface area contributed by atoms with Crippen LogP contribution in [0.25, 0.3) is 0 Å². The standard InChI is InChI=1S/C14H11ClN2O4/c15-8-9-2-1-3-10(6-9)14(19)16-12-7-11(17(20)21)4-5-13(12)18/h1-7,18H,8H2,(H,16,19). The molecule has 0 unspecified atom stereocenters. The fraction of sp³-hybridized carbons (Fsp3) is 0.0714. The molecular formula is C14H11ClN2O4.